The number of nitriles is 1. The highest BCUT2D eigenvalue weighted by Crippen LogP contribution is 2.46. The highest BCUT2D eigenvalue weighted by Gasteiger charge is 2.56. The lowest BCUT2D eigenvalue weighted by atomic mass is 9.80. The number of benzene rings is 2. The zero-order valence-electron chi connectivity index (χ0n) is 25.2. The van der Waals surface area contributed by atoms with Crippen molar-refractivity contribution in [2.24, 2.45) is 5.41 Å². The van der Waals surface area contributed by atoms with E-state index in [2.05, 4.69) is 16.7 Å². The molecular formula is C31H37N5O6S. The van der Waals surface area contributed by atoms with Crippen molar-refractivity contribution in [3.8, 4) is 6.07 Å². The average Bonchev–Trinajstić information content (AvgIpc) is 3.47. The number of hydrogen-bond acceptors (Lipinski definition) is 7. The fourth-order valence-corrected chi connectivity index (χ4v) is 6.43. The number of likely N-dealkylation sites (N-methyl/N-ethyl adjacent to an activating group) is 1. The van der Waals surface area contributed by atoms with Crippen LogP contribution in [0.3, 0.4) is 0 Å². The molecule has 4 atom stereocenters. The highest BCUT2D eigenvalue weighted by molar-refractivity contribution is 7.90. The molecule has 0 radical (unpaired) electrons. The Balaban J connectivity index is 1.56. The zero-order chi connectivity index (χ0) is 31.9. The first-order valence-corrected chi connectivity index (χ1v) is 15.9. The normalized spacial score (nSPS) is 21.0. The molecule has 2 N–H and O–H groups in total. The van der Waals surface area contributed by atoms with E-state index in [-0.39, 0.29) is 41.2 Å². The third-order valence-electron chi connectivity index (χ3n) is 8.08. The van der Waals surface area contributed by atoms with E-state index in [1.165, 1.54) is 48.0 Å². The largest absolute Gasteiger partial charge is 0.341 e. The summed E-state index contributed by atoms with van der Waals surface area (Å²) < 4.78 is 23.5. The van der Waals surface area contributed by atoms with Gasteiger partial charge in [-0.15, -0.1) is 0 Å². The van der Waals surface area contributed by atoms with Crippen molar-refractivity contribution >= 4 is 39.2 Å². The number of likely N-dealkylation sites (tertiary alicyclic amines) is 1. The van der Waals surface area contributed by atoms with E-state index in [9.17, 15) is 32.9 Å². The predicted molar refractivity (Wildman–Crippen MR) is 160 cm³/mol. The molecule has 0 aromatic heterocycles. The summed E-state index contributed by atoms with van der Waals surface area (Å²) in [5, 5.41) is 15.6. The predicted octanol–water partition coefficient (Wildman–Crippen LogP) is 2.49. The van der Waals surface area contributed by atoms with Crippen molar-refractivity contribution in [1.82, 2.24) is 15.1 Å². The van der Waals surface area contributed by atoms with Gasteiger partial charge in [-0.25, -0.2) is 8.42 Å². The summed E-state index contributed by atoms with van der Waals surface area (Å²) in [4.78, 5) is 56.6. The molecule has 1 saturated heterocycles. The molecule has 2 aliphatic rings. The van der Waals surface area contributed by atoms with Gasteiger partial charge in [-0.3, -0.25) is 19.2 Å². The van der Waals surface area contributed by atoms with Crippen LogP contribution in [0.5, 0.6) is 0 Å². The first-order valence-electron chi connectivity index (χ1n) is 14.0. The van der Waals surface area contributed by atoms with Gasteiger partial charge in [0.05, 0.1) is 16.4 Å². The number of anilines is 1. The Kier molecular flexibility index (Phi) is 8.44. The van der Waals surface area contributed by atoms with Crippen LogP contribution in [0.1, 0.15) is 56.5 Å². The summed E-state index contributed by atoms with van der Waals surface area (Å²) in [7, 11) is -1.94. The van der Waals surface area contributed by atoms with Gasteiger partial charge < -0.3 is 20.4 Å². The van der Waals surface area contributed by atoms with Crippen molar-refractivity contribution < 1.29 is 27.6 Å². The van der Waals surface area contributed by atoms with Gasteiger partial charge in [-0.05, 0) is 54.7 Å². The fraction of sp³-hybridized carbons (Fsp3) is 0.452. The van der Waals surface area contributed by atoms with Gasteiger partial charge in [-0.2, -0.15) is 5.26 Å². The van der Waals surface area contributed by atoms with Crippen molar-refractivity contribution in [1.29, 1.82) is 5.26 Å². The van der Waals surface area contributed by atoms with Gasteiger partial charge >= 0.3 is 0 Å². The van der Waals surface area contributed by atoms with Crippen LogP contribution in [0.2, 0.25) is 0 Å². The number of para-hydroxylation sites is 1. The van der Waals surface area contributed by atoms with Crippen LogP contribution in [-0.2, 0) is 29.6 Å². The molecule has 43 heavy (non-hydrogen) atoms. The number of nitrogens with one attached hydrogen (secondary N) is 2. The molecule has 1 spiro atoms. The van der Waals surface area contributed by atoms with Crippen LogP contribution in [-0.4, -0.2) is 79.8 Å². The van der Waals surface area contributed by atoms with Gasteiger partial charge in [0.1, 0.15) is 18.1 Å². The molecule has 2 aromatic carbocycles. The molecule has 11 nitrogen and oxygen atoms in total. The second-order valence-electron chi connectivity index (χ2n) is 12.6. The minimum atomic E-state index is -3.43. The van der Waals surface area contributed by atoms with E-state index in [0.717, 1.165) is 11.8 Å². The zero-order valence-corrected chi connectivity index (χ0v) is 26.0. The number of rotatable bonds is 7. The van der Waals surface area contributed by atoms with E-state index >= 15 is 0 Å². The van der Waals surface area contributed by atoms with Crippen LogP contribution in [0, 0.1) is 16.7 Å². The Morgan fingerprint density at radius 2 is 1.79 bits per heavy atom. The SMILES string of the molecule is C[C@H](NC(=O)c1ccc(S(C)(=O)=O)cc1)C(=O)N(C)[C@@H](CC(C)(C)C)C(=O)N1C[C@]2(C[C@H]1C#N)C(=O)Nc1ccccc12. The van der Waals surface area contributed by atoms with Gasteiger partial charge in [0, 0.05) is 37.5 Å². The highest BCUT2D eigenvalue weighted by atomic mass is 32.2. The summed E-state index contributed by atoms with van der Waals surface area (Å²) in [5.41, 5.74) is 0.127. The average molecular weight is 608 g/mol. The molecule has 2 heterocycles. The summed E-state index contributed by atoms with van der Waals surface area (Å²) in [6.45, 7) is 7.31. The van der Waals surface area contributed by atoms with Gasteiger partial charge in [0.15, 0.2) is 9.84 Å². The molecule has 2 aromatic rings. The Bertz CT molecular complexity index is 1610. The van der Waals surface area contributed by atoms with E-state index < -0.39 is 51.1 Å². The summed E-state index contributed by atoms with van der Waals surface area (Å²) in [6, 6.07) is 11.9. The lowest BCUT2D eigenvalue weighted by molar-refractivity contribution is -0.146. The van der Waals surface area contributed by atoms with E-state index in [1.54, 1.807) is 6.07 Å². The first kappa shape index (κ1) is 31.7. The molecule has 1 fully saturated rings. The van der Waals surface area contributed by atoms with Crippen molar-refractivity contribution in [2.75, 3.05) is 25.2 Å². The van der Waals surface area contributed by atoms with Gasteiger partial charge in [-0.1, -0.05) is 39.0 Å². The summed E-state index contributed by atoms with van der Waals surface area (Å²) >= 11 is 0. The second-order valence-corrected chi connectivity index (χ2v) is 14.6. The van der Waals surface area contributed by atoms with Crippen LogP contribution in [0.15, 0.2) is 53.4 Å². The summed E-state index contributed by atoms with van der Waals surface area (Å²) in [6.07, 6.45) is 1.48. The lowest BCUT2D eigenvalue weighted by Gasteiger charge is -2.36. The molecule has 228 valence electrons. The number of carbonyl (C=O) groups is 4. The van der Waals surface area contributed by atoms with Gasteiger partial charge in [0.25, 0.3) is 5.91 Å². The number of sulfone groups is 1. The maximum Gasteiger partial charge on any atom is 0.251 e. The van der Waals surface area contributed by atoms with Crippen molar-refractivity contribution in [2.45, 2.75) is 69.0 Å². The molecular weight excluding hydrogens is 570 g/mol. The van der Waals surface area contributed by atoms with Crippen LogP contribution < -0.4 is 10.6 Å². The topological polar surface area (TPSA) is 157 Å². The monoisotopic (exact) mass is 607 g/mol. The molecule has 0 saturated carbocycles. The summed E-state index contributed by atoms with van der Waals surface area (Å²) in [5.74, 6) is -1.80. The smallest absolute Gasteiger partial charge is 0.251 e. The van der Waals surface area contributed by atoms with E-state index in [4.69, 9.17) is 0 Å². The standard InChI is InChI=1S/C31H37N5O6S/c1-19(33-26(37)20-11-13-22(14-12-20)43(6,41)42)27(38)35(5)25(16-30(2,3)4)28(39)36-18-31(15-21(36)17-32)23-9-7-8-10-24(23)34-29(31)40/h7-14,19,21,25H,15-16,18H2,1-6H3,(H,33,37)(H,34,40)/t19-,21-,25-,31-/m0/s1. The molecule has 2 aliphatic heterocycles. The minimum absolute atomic E-state index is 0.00530. The van der Waals surface area contributed by atoms with Crippen LogP contribution in [0.25, 0.3) is 0 Å². The van der Waals surface area contributed by atoms with E-state index in [1.807, 2.05) is 39.0 Å². The second kappa shape index (κ2) is 11.4. The van der Waals surface area contributed by atoms with Crippen molar-refractivity contribution in [3.63, 3.8) is 0 Å². The Hall–Kier alpha value is -4.24. The molecule has 4 rings (SSSR count). The maximum atomic E-state index is 14.2. The molecule has 0 unspecified atom stereocenters. The third kappa shape index (κ3) is 6.27. The lowest BCUT2D eigenvalue weighted by Crippen LogP contribution is -2.56. The molecule has 12 heteroatoms. The Morgan fingerprint density at radius 3 is 2.37 bits per heavy atom. The number of nitrogens with zero attached hydrogens (tertiary/aromatic N) is 3. The maximum absolute atomic E-state index is 14.2. The van der Waals surface area contributed by atoms with Crippen LogP contribution in [0.4, 0.5) is 5.69 Å². The minimum Gasteiger partial charge on any atom is -0.341 e. The van der Waals surface area contributed by atoms with Crippen molar-refractivity contribution in [3.05, 3.63) is 59.7 Å². The van der Waals surface area contributed by atoms with Gasteiger partial charge in [0.2, 0.25) is 17.7 Å². The Morgan fingerprint density at radius 1 is 1.16 bits per heavy atom. The number of fused-ring (bicyclic) bond motifs is 2. The molecule has 4 amide bonds. The quantitative estimate of drug-likeness (QED) is 0.490. The molecule has 0 bridgehead atoms. The number of amides is 4. The fourth-order valence-electron chi connectivity index (χ4n) is 5.80. The Labute approximate surface area is 252 Å². The first-order chi connectivity index (χ1) is 20.0. The third-order valence-corrected chi connectivity index (χ3v) is 9.21. The van der Waals surface area contributed by atoms with Crippen LogP contribution >= 0.6 is 0 Å². The number of carbonyl (C=O) groups excluding carboxylic acids is 4. The number of hydrogen-bond donors (Lipinski definition) is 2. The van der Waals surface area contributed by atoms with E-state index in [0.29, 0.717) is 5.69 Å². The molecule has 0 aliphatic carbocycles.